The van der Waals surface area contributed by atoms with Crippen LogP contribution in [0.4, 0.5) is 22.1 Å². The number of nitriles is 1. The minimum absolute atomic E-state index is 0.126. The van der Waals surface area contributed by atoms with Gasteiger partial charge in [0.25, 0.3) is 0 Å². The molecule has 1 saturated heterocycles. The van der Waals surface area contributed by atoms with Crippen molar-refractivity contribution in [3.63, 3.8) is 0 Å². The average Bonchev–Trinajstić information content (AvgIpc) is 3.20. The summed E-state index contributed by atoms with van der Waals surface area (Å²) in [4.78, 5) is 27.5. The van der Waals surface area contributed by atoms with Crippen LogP contribution in [0.1, 0.15) is 57.1 Å². The Morgan fingerprint density at radius 2 is 1.80 bits per heavy atom. The second kappa shape index (κ2) is 11.5. The van der Waals surface area contributed by atoms with Crippen molar-refractivity contribution in [1.29, 1.82) is 5.26 Å². The van der Waals surface area contributed by atoms with Crippen molar-refractivity contribution >= 4 is 35.1 Å². The molecule has 0 bridgehead atoms. The Balaban J connectivity index is 2.60. The first-order valence-corrected chi connectivity index (χ1v) is 12.9. The molecular weight excluding hydrogens is 582 g/mol. The van der Waals surface area contributed by atoms with Gasteiger partial charge in [0.1, 0.15) is 23.1 Å². The second-order valence-electron chi connectivity index (χ2n) is 10.1. The van der Waals surface area contributed by atoms with Crippen molar-refractivity contribution in [2.75, 3.05) is 0 Å². The van der Waals surface area contributed by atoms with Gasteiger partial charge in [0, 0.05) is 27.1 Å². The standard InChI is InChI=1S/C27H25Cl2F5N2O4/c1-4-25(3,5-2)12-19-26(13-35,16-10-9-14(28)11-18(16)30)20(15-7-6-8-17(29)21(15)31)22(23(37)38)36(19)27(32,33)24(39)40-34/h6-11,19-20,22H,4-5,12H2,1-3H3,(H,37,38)/t19-,20-,22+,26-/m0/s1. The highest BCUT2D eigenvalue weighted by molar-refractivity contribution is 6.31. The van der Waals surface area contributed by atoms with Gasteiger partial charge in [0.15, 0.2) is 0 Å². The molecular formula is C27H25Cl2F5N2O4. The topological polar surface area (TPSA) is 90.6 Å². The maximum Gasteiger partial charge on any atom is 0.434 e. The summed E-state index contributed by atoms with van der Waals surface area (Å²) < 4.78 is 75.9. The molecule has 0 radical (unpaired) electrons. The molecule has 1 aliphatic rings. The molecule has 1 aliphatic heterocycles. The van der Waals surface area contributed by atoms with Crippen LogP contribution < -0.4 is 0 Å². The summed E-state index contributed by atoms with van der Waals surface area (Å²) in [6.07, 6.45) is 0.240. The van der Waals surface area contributed by atoms with Crippen LogP contribution in [0.25, 0.3) is 0 Å². The molecule has 6 nitrogen and oxygen atoms in total. The number of likely N-dealkylation sites (tertiary alicyclic amines) is 1. The number of carbonyl (C=O) groups is 2. The van der Waals surface area contributed by atoms with E-state index in [2.05, 4.69) is 4.94 Å². The maximum atomic E-state index is 15.8. The molecule has 2 aromatic rings. The van der Waals surface area contributed by atoms with Crippen LogP contribution in [0, 0.1) is 28.4 Å². The van der Waals surface area contributed by atoms with Gasteiger partial charge < -0.3 is 5.11 Å². The monoisotopic (exact) mass is 606 g/mol. The van der Waals surface area contributed by atoms with E-state index in [1.165, 1.54) is 6.07 Å². The largest absolute Gasteiger partial charge is 0.480 e. The van der Waals surface area contributed by atoms with Crippen LogP contribution in [0.2, 0.25) is 10.0 Å². The quantitative estimate of drug-likeness (QED) is 0.240. The summed E-state index contributed by atoms with van der Waals surface area (Å²) in [5.41, 5.74) is -4.63. The summed E-state index contributed by atoms with van der Waals surface area (Å²) in [6.45, 7) is 5.10. The lowest BCUT2D eigenvalue weighted by Gasteiger charge is -2.42. The number of halogens is 7. The highest BCUT2D eigenvalue weighted by Crippen LogP contribution is 2.59. The zero-order chi connectivity index (χ0) is 30.2. The molecule has 4 atom stereocenters. The Morgan fingerprint density at radius 3 is 2.30 bits per heavy atom. The number of alkyl halides is 2. The van der Waals surface area contributed by atoms with E-state index in [4.69, 9.17) is 23.2 Å². The van der Waals surface area contributed by atoms with E-state index in [9.17, 15) is 24.5 Å². The van der Waals surface area contributed by atoms with E-state index < -0.39 is 81.0 Å². The Morgan fingerprint density at radius 1 is 1.18 bits per heavy atom. The first-order chi connectivity index (χ1) is 18.7. The molecule has 0 unspecified atom stereocenters. The van der Waals surface area contributed by atoms with E-state index in [1.807, 2.05) is 6.07 Å². The lowest BCUT2D eigenvalue weighted by atomic mass is 9.62. The van der Waals surface area contributed by atoms with Crippen molar-refractivity contribution in [3.8, 4) is 6.07 Å². The number of nitrogens with zero attached hydrogens (tertiary/aromatic N) is 2. The highest BCUT2D eigenvalue weighted by Gasteiger charge is 2.72. The number of carbonyl (C=O) groups excluding carboxylic acids is 1. The van der Waals surface area contributed by atoms with Crippen molar-refractivity contribution in [2.45, 2.75) is 69.5 Å². The molecule has 1 heterocycles. The second-order valence-corrected chi connectivity index (χ2v) is 10.9. The van der Waals surface area contributed by atoms with E-state index >= 15 is 17.6 Å². The molecule has 0 amide bonds. The summed E-state index contributed by atoms with van der Waals surface area (Å²) >= 11 is 11.9. The Hall–Kier alpha value is -2.94. The summed E-state index contributed by atoms with van der Waals surface area (Å²) in [5.74, 6) is -9.25. The van der Waals surface area contributed by atoms with E-state index in [-0.39, 0.29) is 9.92 Å². The molecule has 2 aromatic carbocycles. The zero-order valence-corrected chi connectivity index (χ0v) is 23.0. The van der Waals surface area contributed by atoms with Crippen LogP contribution >= 0.6 is 23.2 Å². The Bertz CT molecular complexity index is 1350. The smallest absolute Gasteiger partial charge is 0.434 e. The average molecular weight is 607 g/mol. The number of benzene rings is 2. The van der Waals surface area contributed by atoms with E-state index in [0.29, 0.717) is 12.8 Å². The van der Waals surface area contributed by atoms with Crippen LogP contribution in [0.15, 0.2) is 36.4 Å². The lowest BCUT2D eigenvalue weighted by molar-refractivity contribution is -0.245. The molecule has 1 fully saturated rings. The van der Waals surface area contributed by atoms with Gasteiger partial charge >= 0.3 is 18.0 Å². The Kier molecular flexibility index (Phi) is 9.09. The fourth-order valence-corrected chi connectivity index (χ4v) is 5.97. The predicted molar refractivity (Wildman–Crippen MR) is 135 cm³/mol. The fourth-order valence-electron chi connectivity index (χ4n) is 5.63. The molecule has 3 rings (SSSR count). The number of carboxylic acids is 1. The third-order valence-electron chi connectivity index (χ3n) is 8.13. The predicted octanol–water partition coefficient (Wildman–Crippen LogP) is 7.19. The molecule has 0 aliphatic carbocycles. The van der Waals surface area contributed by atoms with E-state index in [0.717, 1.165) is 30.3 Å². The number of rotatable bonds is 9. The molecule has 13 heteroatoms. The molecule has 216 valence electrons. The van der Waals surface area contributed by atoms with Gasteiger partial charge in [-0.2, -0.15) is 14.0 Å². The molecule has 0 spiro atoms. The van der Waals surface area contributed by atoms with Gasteiger partial charge in [0.2, 0.25) is 0 Å². The lowest BCUT2D eigenvalue weighted by Crippen LogP contribution is -2.58. The maximum absolute atomic E-state index is 15.8. The first kappa shape index (κ1) is 31.6. The van der Waals surface area contributed by atoms with Gasteiger partial charge in [-0.05, 0) is 35.6 Å². The third-order valence-corrected chi connectivity index (χ3v) is 8.66. The summed E-state index contributed by atoms with van der Waals surface area (Å²) in [7, 11) is 0. The normalized spacial score (nSPS) is 23.6. The summed E-state index contributed by atoms with van der Waals surface area (Å²) in [5, 5.41) is 20.4. The first-order valence-electron chi connectivity index (χ1n) is 12.2. The van der Waals surface area contributed by atoms with Gasteiger partial charge in [0.05, 0.1) is 11.1 Å². The molecule has 0 saturated carbocycles. The Labute approximate surface area is 237 Å². The van der Waals surface area contributed by atoms with Crippen LogP contribution in [0.5, 0.6) is 0 Å². The van der Waals surface area contributed by atoms with Crippen molar-refractivity contribution in [2.24, 2.45) is 5.41 Å². The van der Waals surface area contributed by atoms with Crippen molar-refractivity contribution in [1.82, 2.24) is 4.90 Å². The highest BCUT2D eigenvalue weighted by atomic mass is 35.5. The van der Waals surface area contributed by atoms with Crippen LogP contribution in [-0.4, -0.2) is 40.1 Å². The zero-order valence-electron chi connectivity index (χ0n) is 21.5. The third kappa shape index (κ3) is 5.01. The van der Waals surface area contributed by atoms with E-state index in [1.54, 1.807) is 20.8 Å². The van der Waals surface area contributed by atoms with Gasteiger partial charge in [-0.3, -0.25) is 4.79 Å². The van der Waals surface area contributed by atoms with Gasteiger partial charge in [-0.15, -0.1) is 0 Å². The number of hydrogen-bond donors (Lipinski definition) is 1. The minimum atomic E-state index is -4.99. The number of carboxylic acid groups (broad SMARTS) is 1. The van der Waals surface area contributed by atoms with Crippen molar-refractivity contribution in [3.05, 3.63) is 69.2 Å². The molecule has 0 aromatic heterocycles. The minimum Gasteiger partial charge on any atom is -0.480 e. The molecule has 40 heavy (non-hydrogen) atoms. The van der Waals surface area contributed by atoms with Crippen molar-refractivity contribution < 1.29 is 41.7 Å². The molecule has 1 N–H and O–H groups in total. The fraction of sp³-hybridized carbons (Fsp3) is 0.444. The van der Waals surface area contributed by atoms with Gasteiger partial charge in [-0.25, -0.2) is 23.4 Å². The van der Waals surface area contributed by atoms with Gasteiger partial charge in [-0.1, -0.05) is 75.0 Å². The van der Waals surface area contributed by atoms with Crippen LogP contribution in [-0.2, 0) is 19.9 Å². The SMILES string of the molecule is CCC(C)(CC)C[C@@H]1N(C(F)(F)C(=O)OF)[C@@H](C(=O)O)[C@H](c2cccc(Cl)c2F)[C@@]1(C#N)c1ccc(Cl)cc1F. The van der Waals surface area contributed by atoms with Crippen LogP contribution in [0.3, 0.4) is 0 Å². The number of aliphatic carboxylic acids is 1. The number of hydrogen-bond acceptors (Lipinski definition) is 5. The summed E-state index contributed by atoms with van der Waals surface area (Å²) in [6, 6.07) is -1.37.